The largest absolute Gasteiger partial charge is 0.494 e. The number of carbonyl (C=O) groups excluding carboxylic acids is 1. The molecular weight excluding hydrogens is 241 g/mol. The zero-order chi connectivity index (χ0) is 13.3. The minimum absolute atomic E-state index is 0.0269. The van der Waals surface area contributed by atoms with E-state index in [0.29, 0.717) is 5.69 Å². The fourth-order valence-corrected chi connectivity index (χ4v) is 1.94. The van der Waals surface area contributed by atoms with Crippen molar-refractivity contribution in [1.82, 2.24) is 0 Å². The molecule has 18 heavy (non-hydrogen) atoms. The summed E-state index contributed by atoms with van der Waals surface area (Å²) in [5, 5.41) is 8.88. The molecule has 5 nitrogen and oxygen atoms in total. The number of carboxylic acids is 1. The van der Waals surface area contributed by atoms with Crippen molar-refractivity contribution >= 4 is 17.6 Å². The number of hydrogen-bond donors (Lipinski definition) is 1. The molecule has 1 fully saturated rings. The van der Waals surface area contributed by atoms with Crippen molar-refractivity contribution in [2.75, 3.05) is 18.6 Å². The van der Waals surface area contributed by atoms with Gasteiger partial charge in [0.05, 0.1) is 13.0 Å². The van der Waals surface area contributed by atoms with E-state index >= 15 is 0 Å². The van der Waals surface area contributed by atoms with Crippen molar-refractivity contribution in [3.63, 3.8) is 0 Å². The quantitative estimate of drug-likeness (QED) is 0.881. The van der Waals surface area contributed by atoms with Gasteiger partial charge in [-0.3, -0.25) is 9.59 Å². The van der Waals surface area contributed by atoms with Crippen LogP contribution in [0.4, 0.5) is 10.1 Å². The molecule has 1 atom stereocenters. The van der Waals surface area contributed by atoms with Crippen molar-refractivity contribution in [3.8, 4) is 5.75 Å². The molecule has 1 aliphatic rings. The molecule has 1 heterocycles. The Morgan fingerprint density at radius 1 is 1.56 bits per heavy atom. The lowest BCUT2D eigenvalue weighted by Crippen LogP contribution is -2.25. The van der Waals surface area contributed by atoms with Crippen molar-refractivity contribution in [2.45, 2.75) is 6.42 Å². The average molecular weight is 253 g/mol. The molecule has 1 N–H and O–H groups in total. The maximum Gasteiger partial charge on any atom is 0.308 e. The van der Waals surface area contributed by atoms with Crippen LogP contribution < -0.4 is 9.64 Å². The minimum atomic E-state index is -1.00. The number of aliphatic carboxylic acids is 1. The monoisotopic (exact) mass is 253 g/mol. The van der Waals surface area contributed by atoms with E-state index in [0.717, 1.165) is 0 Å². The Kier molecular flexibility index (Phi) is 3.18. The molecule has 0 aromatic heterocycles. The third-order valence-corrected chi connectivity index (χ3v) is 2.92. The lowest BCUT2D eigenvalue weighted by atomic mass is 10.1. The molecule has 0 radical (unpaired) electrons. The Balaban J connectivity index is 2.27. The Labute approximate surface area is 103 Å². The van der Waals surface area contributed by atoms with Gasteiger partial charge in [0.25, 0.3) is 0 Å². The molecule has 0 spiro atoms. The van der Waals surface area contributed by atoms with Crippen molar-refractivity contribution in [2.24, 2.45) is 5.92 Å². The van der Waals surface area contributed by atoms with Gasteiger partial charge in [0.15, 0.2) is 11.6 Å². The molecule has 1 aliphatic heterocycles. The highest BCUT2D eigenvalue weighted by Gasteiger charge is 2.35. The van der Waals surface area contributed by atoms with Crippen LogP contribution in [-0.2, 0) is 9.59 Å². The molecule has 1 amide bonds. The molecule has 2 rings (SSSR count). The van der Waals surface area contributed by atoms with Crippen LogP contribution in [0.1, 0.15) is 6.42 Å². The molecule has 1 unspecified atom stereocenters. The smallest absolute Gasteiger partial charge is 0.308 e. The summed E-state index contributed by atoms with van der Waals surface area (Å²) in [5.41, 5.74) is 0.446. The number of carbonyl (C=O) groups is 2. The van der Waals surface area contributed by atoms with Gasteiger partial charge in [-0.05, 0) is 12.1 Å². The number of rotatable bonds is 3. The second kappa shape index (κ2) is 4.64. The van der Waals surface area contributed by atoms with E-state index in [1.807, 2.05) is 0 Å². The molecule has 96 valence electrons. The summed E-state index contributed by atoms with van der Waals surface area (Å²) in [5.74, 6) is -2.49. The van der Waals surface area contributed by atoms with Gasteiger partial charge in [-0.1, -0.05) is 0 Å². The standard InChI is InChI=1S/C12H12FNO4/c1-18-10-5-8(2-3-9(10)13)14-6-7(12(16)17)4-11(14)15/h2-3,5,7H,4,6H2,1H3,(H,16,17). The SMILES string of the molecule is COc1cc(N2CC(C(=O)O)CC2=O)ccc1F. The van der Waals surface area contributed by atoms with Crippen LogP contribution in [-0.4, -0.2) is 30.6 Å². The number of benzene rings is 1. The van der Waals surface area contributed by atoms with Gasteiger partial charge < -0.3 is 14.7 Å². The van der Waals surface area contributed by atoms with Gasteiger partial charge >= 0.3 is 5.97 Å². The first-order valence-electron chi connectivity index (χ1n) is 5.39. The fraction of sp³-hybridized carbons (Fsp3) is 0.333. The van der Waals surface area contributed by atoms with Crippen molar-refractivity contribution < 1.29 is 23.8 Å². The van der Waals surface area contributed by atoms with Crippen molar-refractivity contribution in [3.05, 3.63) is 24.0 Å². The van der Waals surface area contributed by atoms with E-state index < -0.39 is 17.7 Å². The first-order chi connectivity index (χ1) is 8.52. The molecule has 0 bridgehead atoms. The summed E-state index contributed by atoms with van der Waals surface area (Å²) in [4.78, 5) is 23.9. The van der Waals surface area contributed by atoms with Crippen LogP contribution >= 0.6 is 0 Å². The van der Waals surface area contributed by atoms with Crippen LogP contribution in [0.3, 0.4) is 0 Å². The normalized spacial score (nSPS) is 19.1. The second-order valence-electron chi connectivity index (χ2n) is 4.06. The van der Waals surface area contributed by atoms with E-state index in [1.54, 1.807) is 0 Å². The highest BCUT2D eigenvalue weighted by atomic mass is 19.1. The van der Waals surface area contributed by atoms with E-state index in [-0.39, 0.29) is 24.6 Å². The van der Waals surface area contributed by atoms with Crippen LogP contribution in [0, 0.1) is 11.7 Å². The lowest BCUT2D eigenvalue weighted by Gasteiger charge is -2.17. The molecule has 1 aromatic rings. The van der Waals surface area contributed by atoms with Gasteiger partial charge in [0, 0.05) is 24.7 Å². The summed E-state index contributed by atoms with van der Waals surface area (Å²) in [7, 11) is 1.33. The lowest BCUT2D eigenvalue weighted by molar-refractivity contribution is -0.141. The molecule has 0 aliphatic carbocycles. The number of carboxylic acid groups (broad SMARTS) is 1. The predicted octanol–water partition coefficient (Wildman–Crippen LogP) is 1.27. The first-order valence-corrected chi connectivity index (χ1v) is 5.39. The summed E-state index contributed by atoms with van der Waals surface area (Å²) < 4.78 is 18.1. The molecule has 6 heteroatoms. The van der Waals surface area contributed by atoms with Gasteiger partial charge in [-0.15, -0.1) is 0 Å². The maximum atomic E-state index is 13.2. The van der Waals surface area contributed by atoms with E-state index in [2.05, 4.69) is 0 Å². The van der Waals surface area contributed by atoms with E-state index in [9.17, 15) is 14.0 Å². The molecular formula is C12H12FNO4. The Bertz CT molecular complexity index is 503. The zero-order valence-corrected chi connectivity index (χ0v) is 9.72. The number of amides is 1. The van der Waals surface area contributed by atoms with Crippen LogP contribution in [0.25, 0.3) is 0 Å². The topological polar surface area (TPSA) is 66.8 Å². The Hall–Kier alpha value is -2.11. The Morgan fingerprint density at radius 3 is 2.83 bits per heavy atom. The summed E-state index contributed by atoms with van der Waals surface area (Å²) in [6.45, 7) is 0.100. The van der Waals surface area contributed by atoms with Crippen LogP contribution in [0.2, 0.25) is 0 Å². The molecule has 1 aromatic carbocycles. The molecule has 1 saturated heterocycles. The van der Waals surface area contributed by atoms with Crippen LogP contribution in [0.5, 0.6) is 5.75 Å². The van der Waals surface area contributed by atoms with Gasteiger partial charge in [-0.25, -0.2) is 4.39 Å². The number of ether oxygens (including phenoxy) is 1. The summed E-state index contributed by atoms with van der Waals surface area (Å²) in [6.07, 6.45) is -0.0327. The van der Waals surface area contributed by atoms with Gasteiger partial charge in [0.1, 0.15) is 0 Å². The maximum absolute atomic E-state index is 13.2. The van der Waals surface area contributed by atoms with Crippen LogP contribution in [0.15, 0.2) is 18.2 Å². The predicted molar refractivity (Wildman–Crippen MR) is 61.0 cm³/mol. The summed E-state index contributed by atoms with van der Waals surface area (Å²) in [6, 6.07) is 4.01. The van der Waals surface area contributed by atoms with Crippen molar-refractivity contribution in [1.29, 1.82) is 0 Å². The third-order valence-electron chi connectivity index (χ3n) is 2.92. The second-order valence-corrected chi connectivity index (χ2v) is 4.06. The minimum Gasteiger partial charge on any atom is -0.494 e. The highest BCUT2D eigenvalue weighted by molar-refractivity contribution is 5.99. The van der Waals surface area contributed by atoms with Gasteiger partial charge in [0.2, 0.25) is 5.91 Å². The molecule has 0 saturated carbocycles. The fourth-order valence-electron chi connectivity index (χ4n) is 1.94. The number of anilines is 1. The first kappa shape index (κ1) is 12.3. The Morgan fingerprint density at radius 2 is 2.28 bits per heavy atom. The number of methoxy groups -OCH3 is 1. The number of halogens is 1. The highest BCUT2D eigenvalue weighted by Crippen LogP contribution is 2.29. The number of nitrogens with zero attached hydrogens (tertiary/aromatic N) is 1. The van der Waals surface area contributed by atoms with Gasteiger partial charge in [-0.2, -0.15) is 0 Å². The average Bonchev–Trinajstić information content (AvgIpc) is 2.72. The summed E-state index contributed by atoms with van der Waals surface area (Å²) >= 11 is 0. The van der Waals surface area contributed by atoms with E-state index in [4.69, 9.17) is 9.84 Å². The van der Waals surface area contributed by atoms with E-state index in [1.165, 1.54) is 30.2 Å². The third kappa shape index (κ3) is 2.13. The number of hydrogen-bond acceptors (Lipinski definition) is 3. The zero-order valence-electron chi connectivity index (χ0n) is 9.72.